The minimum absolute atomic E-state index is 0.455. The van der Waals surface area contributed by atoms with Gasteiger partial charge in [-0.1, -0.05) is 11.6 Å². The number of nitrogens with one attached hydrogen (secondary N) is 1. The second kappa shape index (κ2) is 2.10. The summed E-state index contributed by atoms with van der Waals surface area (Å²) in [6.45, 7) is 0. The van der Waals surface area contributed by atoms with Crippen molar-refractivity contribution in [2.24, 2.45) is 0 Å². The Morgan fingerprint density at radius 2 is 2.18 bits per heavy atom. The van der Waals surface area contributed by atoms with Crippen molar-refractivity contribution in [3.63, 3.8) is 0 Å². The summed E-state index contributed by atoms with van der Waals surface area (Å²) in [6, 6.07) is 3.47. The second-order valence-electron chi connectivity index (χ2n) is 2.16. The number of benzene rings is 1. The van der Waals surface area contributed by atoms with Crippen LogP contribution in [-0.2, 0) is 0 Å². The monoisotopic (exact) mass is 168 g/mol. The summed E-state index contributed by atoms with van der Waals surface area (Å²) in [7, 11) is 0. The summed E-state index contributed by atoms with van der Waals surface area (Å²) in [5, 5.41) is 10.6. The van der Waals surface area contributed by atoms with E-state index in [2.05, 4.69) is 15.4 Å². The number of rotatable bonds is 0. The average molecular weight is 169 g/mol. The molecular weight excluding hydrogens is 164 g/mol. The third-order valence-corrected chi connectivity index (χ3v) is 1.85. The fourth-order valence-corrected chi connectivity index (χ4v) is 1.10. The molecule has 1 aromatic carbocycles. The van der Waals surface area contributed by atoms with Gasteiger partial charge in [-0.3, -0.25) is 0 Å². The normalized spacial score (nSPS) is 10.6. The Labute approximate surface area is 67.3 Å². The molecule has 2 aromatic rings. The number of H-pyrrole nitrogens is 1. The summed E-state index contributed by atoms with van der Waals surface area (Å²) in [6.07, 6.45) is 0. The summed E-state index contributed by atoms with van der Waals surface area (Å²) >= 11 is 5.82. The van der Waals surface area contributed by atoms with E-state index in [1.807, 2.05) is 0 Å². The molecule has 0 saturated heterocycles. The van der Waals surface area contributed by atoms with Crippen molar-refractivity contribution in [1.29, 1.82) is 0 Å². The molecule has 1 aromatic heterocycles. The maximum atomic E-state index is 5.82. The molecule has 0 aliphatic heterocycles. The standard InChI is InChI=1S/C6H5ClN4/c7-5-3(8)1-2-4-6(5)10-11-9-4/h1-2H,8H2,(H,9,10,11). The lowest BCUT2D eigenvalue weighted by Crippen LogP contribution is -1.85. The zero-order valence-electron chi connectivity index (χ0n) is 5.50. The first-order valence-electron chi connectivity index (χ1n) is 3.03. The van der Waals surface area contributed by atoms with Crippen LogP contribution in [0.15, 0.2) is 12.1 Å². The van der Waals surface area contributed by atoms with Crippen LogP contribution in [0.4, 0.5) is 5.69 Å². The highest BCUT2D eigenvalue weighted by Crippen LogP contribution is 2.25. The summed E-state index contributed by atoms with van der Waals surface area (Å²) in [5.41, 5.74) is 7.40. The van der Waals surface area contributed by atoms with E-state index >= 15 is 0 Å². The number of halogens is 1. The van der Waals surface area contributed by atoms with Gasteiger partial charge in [0.1, 0.15) is 11.0 Å². The predicted molar refractivity (Wildman–Crippen MR) is 43.3 cm³/mol. The van der Waals surface area contributed by atoms with Crippen molar-refractivity contribution < 1.29 is 0 Å². The SMILES string of the molecule is Nc1ccc2n[nH]nc2c1Cl. The van der Waals surface area contributed by atoms with Gasteiger partial charge in [-0.25, -0.2) is 0 Å². The van der Waals surface area contributed by atoms with Crippen LogP contribution in [0.1, 0.15) is 0 Å². The quantitative estimate of drug-likeness (QED) is 0.581. The second-order valence-corrected chi connectivity index (χ2v) is 2.54. The molecule has 3 N–H and O–H groups in total. The van der Waals surface area contributed by atoms with E-state index in [1.54, 1.807) is 12.1 Å². The van der Waals surface area contributed by atoms with Gasteiger partial charge in [0.2, 0.25) is 0 Å². The van der Waals surface area contributed by atoms with Gasteiger partial charge in [0.05, 0.1) is 10.7 Å². The largest absolute Gasteiger partial charge is 0.397 e. The smallest absolute Gasteiger partial charge is 0.133 e. The Morgan fingerprint density at radius 3 is 3.00 bits per heavy atom. The number of aromatic amines is 1. The van der Waals surface area contributed by atoms with E-state index in [1.165, 1.54) is 0 Å². The zero-order chi connectivity index (χ0) is 7.84. The average Bonchev–Trinajstić information content (AvgIpc) is 2.45. The van der Waals surface area contributed by atoms with Crippen molar-refractivity contribution in [2.45, 2.75) is 0 Å². The van der Waals surface area contributed by atoms with Crippen molar-refractivity contribution in [2.75, 3.05) is 5.73 Å². The van der Waals surface area contributed by atoms with E-state index in [9.17, 15) is 0 Å². The molecule has 0 radical (unpaired) electrons. The van der Waals surface area contributed by atoms with Crippen molar-refractivity contribution in [3.05, 3.63) is 17.2 Å². The third kappa shape index (κ3) is 0.832. The van der Waals surface area contributed by atoms with Crippen molar-refractivity contribution in [1.82, 2.24) is 15.4 Å². The fourth-order valence-electron chi connectivity index (χ4n) is 0.895. The van der Waals surface area contributed by atoms with Gasteiger partial charge < -0.3 is 5.73 Å². The first-order chi connectivity index (χ1) is 5.29. The molecule has 0 bridgehead atoms. The van der Waals surface area contributed by atoms with Gasteiger partial charge in [0.15, 0.2) is 0 Å². The van der Waals surface area contributed by atoms with Gasteiger partial charge in [-0.15, -0.1) is 0 Å². The van der Waals surface area contributed by atoms with Crippen LogP contribution in [0.5, 0.6) is 0 Å². The Hall–Kier alpha value is -1.29. The highest BCUT2D eigenvalue weighted by molar-refractivity contribution is 6.37. The Kier molecular flexibility index (Phi) is 1.22. The highest BCUT2D eigenvalue weighted by atomic mass is 35.5. The molecule has 1 heterocycles. The molecular formula is C6H5ClN4. The van der Waals surface area contributed by atoms with Crippen LogP contribution in [0, 0.1) is 0 Å². The van der Waals surface area contributed by atoms with Crippen LogP contribution in [0.3, 0.4) is 0 Å². The number of anilines is 1. The topological polar surface area (TPSA) is 67.6 Å². The van der Waals surface area contributed by atoms with Gasteiger partial charge in [-0.2, -0.15) is 15.4 Å². The lowest BCUT2D eigenvalue weighted by atomic mass is 10.3. The van der Waals surface area contributed by atoms with Crippen LogP contribution in [-0.4, -0.2) is 15.4 Å². The minimum Gasteiger partial charge on any atom is -0.397 e. The number of aromatic nitrogens is 3. The third-order valence-electron chi connectivity index (χ3n) is 1.46. The molecule has 0 aliphatic rings. The first kappa shape index (κ1) is 6.42. The van der Waals surface area contributed by atoms with Crippen molar-refractivity contribution >= 4 is 28.3 Å². The van der Waals surface area contributed by atoms with Gasteiger partial charge in [0, 0.05) is 0 Å². The minimum atomic E-state index is 0.455. The van der Waals surface area contributed by atoms with Crippen LogP contribution >= 0.6 is 11.6 Å². The van der Waals surface area contributed by atoms with E-state index in [0.29, 0.717) is 16.2 Å². The molecule has 5 heteroatoms. The number of nitrogens with two attached hydrogens (primary N) is 1. The molecule has 0 saturated carbocycles. The number of fused-ring (bicyclic) bond motifs is 1. The number of nitrogens with zero attached hydrogens (tertiary/aromatic N) is 2. The van der Waals surface area contributed by atoms with Crippen LogP contribution in [0.2, 0.25) is 5.02 Å². The zero-order valence-corrected chi connectivity index (χ0v) is 6.26. The fraction of sp³-hybridized carbons (Fsp3) is 0. The number of hydrogen-bond acceptors (Lipinski definition) is 3. The maximum absolute atomic E-state index is 5.82. The van der Waals surface area contributed by atoms with Gasteiger partial charge >= 0.3 is 0 Å². The Bertz CT molecular complexity index is 394. The molecule has 56 valence electrons. The molecule has 0 aliphatic carbocycles. The molecule has 0 atom stereocenters. The molecule has 0 unspecified atom stereocenters. The van der Waals surface area contributed by atoms with E-state index < -0.39 is 0 Å². The summed E-state index contributed by atoms with van der Waals surface area (Å²) in [4.78, 5) is 0. The number of hydrogen-bond donors (Lipinski definition) is 2. The summed E-state index contributed by atoms with van der Waals surface area (Å²) < 4.78 is 0. The molecule has 2 rings (SSSR count). The molecule has 0 spiro atoms. The molecule has 11 heavy (non-hydrogen) atoms. The predicted octanol–water partition coefficient (Wildman–Crippen LogP) is 1.19. The van der Waals surface area contributed by atoms with Crippen molar-refractivity contribution in [3.8, 4) is 0 Å². The van der Waals surface area contributed by atoms with E-state index in [4.69, 9.17) is 17.3 Å². The first-order valence-corrected chi connectivity index (χ1v) is 3.41. The Morgan fingerprint density at radius 1 is 1.36 bits per heavy atom. The highest BCUT2D eigenvalue weighted by Gasteiger charge is 2.04. The Balaban J connectivity index is 2.93. The molecule has 4 nitrogen and oxygen atoms in total. The van der Waals surface area contributed by atoms with Gasteiger partial charge in [0.25, 0.3) is 0 Å². The molecule has 0 fully saturated rings. The van der Waals surface area contributed by atoms with E-state index in [-0.39, 0.29) is 0 Å². The number of nitrogen functional groups attached to an aromatic ring is 1. The van der Waals surface area contributed by atoms with Crippen LogP contribution < -0.4 is 5.73 Å². The van der Waals surface area contributed by atoms with Gasteiger partial charge in [-0.05, 0) is 12.1 Å². The maximum Gasteiger partial charge on any atom is 0.133 e. The lowest BCUT2D eigenvalue weighted by molar-refractivity contribution is 0.959. The molecule has 0 amide bonds. The lowest BCUT2D eigenvalue weighted by Gasteiger charge is -1.94. The summed E-state index contributed by atoms with van der Waals surface area (Å²) in [5.74, 6) is 0. The van der Waals surface area contributed by atoms with Crippen LogP contribution in [0.25, 0.3) is 11.0 Å². The van der Waals surface area contributed by atoms with E-state index in [0.717, 1.165) is 5.52 Å².